The topological polar surface area (TPSA) is 48.4 Å². The van der Waals surface area contributed by atoms with E-state index in [1.165, 1.54) is 11.1 Å². The highest BCUT2D eigenvalue weighted by Crippen LogP contribution is 2.19. The second kappa shape index (κ2) is 11.5. The molecule has 0 saturated heterocycles. The minimum atomic E-state index is -0.423. The zero-order chi connectivity index (χ0) is 20.5. The summed E-state index contributed by atoms with van der Waals surface area (Å²) in [5, 5.41) is 16.0. The molecule has 4 atom stereocenters. The second-order valence-corrected chi connectivity index (χ2v) is 7.90. The van der Waals surface area contributed by atoms with Crippen molar-refractivity contribution in [2.45, 2.75) is 19.1 Å². The molecule has 0 spiro atoms. The van der Waals surface area contributed by atoms with Gasteiger partial charge in [-0.1, -0.05) is 70.1 Å². The fourth-order valence-corrected chi connectivity index (χ4v) is 4.04. The number of pyridine rings is 1. The van der Waals surface area contributed by atoms with Crippen molar-refractivity contribution in [3.05, 3.63) is 90.1 Å². The Morgan fingerprint density at radius 3 is 2.28 bits per heavy atom. The third-order valence-corrected chi connectivity index (χ3v) is 6.04. The van der Waals surface area contributed by atoms with Gasteiger partial charge in [-0.15, -0.1) is 9.24 Å². The third-order valence-electron chi connectivity index (χ3n) is 5.07. The maximum absolute atomic E-state index is 10.8. The molecule has 0 aliphatic heterocycles. The molecule has 3 aromatic rings. The van der Waals surface area contributed by atoms with E-state index in [0.29, 0.717) is 13.1 Å². The summed E-state index contributed by atoms with van der Waals surface area (Å²) in [5.41, 5.74) is 4.51. The van der Waals surface area contributed by atoms with Crippen LogP contribution in [-0.4, -0.2) is 33.9 Å². The molecule has 1 aromatic heterocycles. The van der Waals surface area contributed by atoms with Crippen LogP contribution in [0.15, 0.2) is 79.0 Å². The minimum Gasteiger partial charge on any atom is -0.391 e. The van der Waals surface area contributed by atoms with Crippen LogP contribution in [0.3, 0.4) is 0 Å². The number of aliphatic hydroxyl groups excluding tert-OH is 1. The van der Waals surface area contributed by atoms with Crippen LogP contribution < -0.4 is 5.20 Å². The summed E-state index contributed by atoms with van der Waals surface area (Å²) in [6.45, 7) is 1.26. The van der Waals surface area contributed by atoms with Crippen molar-refractivity contribution < 1.29 is 5.11 Å². The van der Waals surface area contributed by atoms with E-state index in [0.717, 1.165) is 23.8 Å². The van der Waals surface area contributed by atoms with Gasteiger partial charge in [0.25, 0.3) is 0 Å². The van der Waals surface area contributed by atoms with Gasteiger partial charge >= 0.3 is 0 Å². The molecule has 4 nitrogen and oxygen atoms in total. The maximum atomic E-state index is 10.8. The quantitative estimate of drug-likeness (QED) is 0.382. The Morgan fingerprint density at radius 1 is 0.931 bits per heavy atom. The van der Waals surface area contributed by atoms with Crippen molar-refractivity contribution in [2.75, 3.05) is 12.7 Å². The number of aromatic nitrogens is 1. The Bertz CT molecular complexity index is 847. The summed E-state index contributed by atoms with van der Waals surface area (Å²) < 4.78 is 0. The summed E-state index contributed by atoms with van der Waals surface area (Å²) in [6.07, 6.45) is 3.12. The van der Waals surface area contributed by atoms with Gasteiger partial charge < -0.3 is 5.11 Å². The summed E-state index contributed by atoms with van der Waals surface area (Å²) in [5.74, 6) is 0.190. The summed E-state index contributed by atoms with van der Waals surface area (Å²) in [6, 6.07) is 24.7. The van der Waals surface area contributed by atoms with E-state index in [9.17, 15) is 5.11 Å². The maximum Gasteiger partial charge on any atom is 0.0715 e. The molecule has 3 rings (SSSR count). The van der Waals surface area contributed by atoms with E-state index in [4.69, 9.17) is 0 Å². The van der Waals surface area contributed by atoms with Gasteiger partial charge in [-0.05, 0) is 41.8 Å². The second-order valence-electron chi connectivity index (χ2n) is 7.17. The van der Waals surface area contributed by atoms with E-state index in [1.54, 1.807) is 0 Å². The number of hydrogen-bond donors (Lipinski definition) is 2. The zero-order valence-corrected chi connectivity index (χ0v) is 18.8. The average Bonchev–Trinajstić information content (AvgIpc) is 2.78. The highest BCUT2D eigenvalue weighted by atomic mass is 31.0. The Morgan fingerprint density at radius 2 is 1.66 bits per heavy atom. The molecule has 0 bridgehead atoms. The van der Waals surface area contributed by atoms with E-state index in [1.807, 2.05) is 47.6 Å². The molecule has 0 aliphatic carbocycles. The Hall–Kier alpha value is -1.67. The predicted molar refractivity (Wildman–Crippen MR) is 127 cm³/mol. The van der Waals surface area contributed by atoms with Gasteiger partial charge in [0.1, 0.15) is 0 Å². The van der Waals surface area contributed by atoms with Gasteiger partial charge in [0, 0.05) is 24.8 Å². The molecule has 0 amide bonds. The van der Waals surface area contributed by atoms with Crippen LogP contribution >= 0.6 is 18.6 Å². The first-order valence-corrected chi connectivity index (χ1v) is 11.2. The third kappa shape index (κ3) is 6.67. The molecule has 0 aliphatic rings. The summed E-state index contributed by atoms with van der Waals surface area (Å²) in [4.78, 5) is 4.40. The predicted octanol–water partition coefficient (Wildman–Crippen LogP) is 3.94. The normalized spacial score (nSPS) is 13.4. The zero-order valence-electron chi connectivity index (χ0n) is 16.5. The lowest BCUT2D eigenvalue weighted by atomic mass is 9.95. The molecule has 0 radical (unpaired) electrons. The molecule has 2 N–H and O–H groups in total. The lowest BCUT2D eigenvalue weighted by molar-refractivity contribution is 0.0608. The van der Waals surface area contributed by atoms with Gasteiger partial charge in [0.15, 0.2) is 0 Å². The standard InChI is InChI=1S/C23H29N3OP2/c27-23(21(17-28)14-18-6-2-1-3-7-18)16-26(25-29)15-19-9-11-20(12-10-19)22-8-4-5-13-24-22/h1-13,21,23,25,27H,14-17,28-29H2/t21-,23+/m1/s1. The van der Waals surface area contributed by atoms with Crippen LogP contribution in [0.4, 0.5) is 0 Å². The van der Waals surface area contributed by atoms with Crippen LogP contribution in [0.5, 0.6) is 0 Å². The first-order valence-electron chi connectivity index (χ1n) is 9.83. The van der Waals surface area contributed by atoms with E-state index in [2.05, 4.69) is 65.2 Å². The van der Waals surface area contributed by atoms with Gasteiger partial charge in [0.2, 0.25) is 0 Å². The average molecular weight is 425 g/mol. The van der Waals surface area contributed by atoms with E-state index >= 15 is 0 Å². The molecule has 1 heterocycles. The van der Waals surface area contributed by atoms with Crippen molar-refractivity contribution >= 4 is 18.6 Å². The van der Waals surface area contributed by atoms with Crippen LogP contribution in [0.1, 0.15) is 11.1 Å². The SMILES string of the molecule is O[C@@H](CN(Cc1ccc(-c2ccccn2)cc1)NP)[C@@H](CP)Cc1ccccc1. The summed E-state index contributed by atoms with van der Waals surface area (Å²) >= 11 is 0. The van der Waals surface area contributed by atoms with Gasteiger partial charge in [-0.25, -0.2) is 10.2 Å². The number of nitrogens with one attached hydrogen (secondary N) is 1. The number of aliphatic hydroxyl groups is 1. The molecule has 152 valence electrons. The summed E-state index contributed by atoms with van der Waals surface area (Å²) in [7, 11) is 5.32. The first-order chi connectivity index (χ1) is 14.2. The molecule has 2 aromatic carbocycles. The number of hydrazine groups is 1. The highest BCUT2D eigenvalue weighted by molar-refractivity contribution is 7.16. The lowest BCUT2D eigenvalue weighted by Gasteiger charge is -2.28. The van der Waals surface area contributed by atoms with Gasteiger partial charge in [0.05, 0.1) is 11.8 Å². The number of rotatable bonds is 10. The Balaban J connectivity index is 1.59. The monoisotopic (exact) mass is 425 g/mol. The molecular weight excluding hydrogens is 396 g/mol. The molecular formula is C23H29N3OP2. The number of hydrogen-bond acceptors (Lipinski definition) is 4. The van der Waals surface area contributed by atoms with Crippen molar-refractivity contribution in [1.29, 1.82) is 0 Å². The number of benzene rings is 2. The van der Waals surface area contributed by atoms with Crippen molar-refractivity contribution in [3.8, 4) is 11.3 Å². The van der Waals surface area contributed by atoms with Crippen LogP contribution in [0.25, 0.3) is 11.3 Å². The highest BCUT2D eigenvalue weighted by Gasteiger charge is 2.21. The van der Waals surface area contributed by atoms with Crippen LogP contribution in [-0.2, 0) is 13.0 Å². The Kier molecular flexibility index (Phi) is 8.73. The smallest absolute Gasteiger partial charge is 0.0715 e. The van der Waals surface area contributed by atoms with Crippen LogP contribution in [0.2, 0.25) is 0 Å². The first kappa shape index (κ1) is 22.0. The largest absolute Gasteiger partial charge is 0.391 e. The van der Waals surface area contributed by atoms with Gasteiger partial charge in [-0.2, -0.15) is 0 Å². The van der Waals surface area contributed by atoms with Crippen molar-refractivity contribution in [2.24, 2.45) is 5.92 Å². The van der Waals surface area contributed by atoms with Crippen LogP contribution in [0, 0.1) is 5.92 Å². The minimum absolute atomic E-state index is 0.190. The molecule has 6 heteroatoms. The van der Waals surface area contributed by atoms with E-state index in [-0.39, 0.29) is 5.92 Å². The fourth-order valence-electron chi connectivity index (χ4n) is 3.37. The number of nitrogens with zero attached hydrogens (tertiary/aromatic N) is 2. The molecule has 0 saturated carbocycles. The lowest BCUT2D eigenvalue weighted by Crippen LogP contribution is -2.41. The van der Waals surface area contributed by atoms with Crippen molar-refractivity contribution in [3.63, 3.8) is 0 Å². The molecule has 2 unspecified atom stereocenters. The van der Waals surface area contributed by atoms with Gasteiger partial charge in [-0.3, -0.25) is 4.98 Å². The fraction of sp³-hybridized carbons (Fsp3) is 0.261. The van der Waals surface area contributed by atoms with Crippen molar-refractivity contribution in [1.82, 2.24) is 15.2 Å². The Labute approximate surface area is 178 Å². The molecule has 29 heavy (non-hydrogen) atoms. The van der Waals surface area contributed by atoms with E-state index < -0.39 is 6.10 Å². The molecule has 0 fully saturated rings.